The molecule has 2 heterocycles. The van der Waals surface area contributed by atoms with Crippen molar-refractivity contribution in [3.05, 3.63) is 24.4 Å². The third kappa shape index (κ3) is 2.10. The minimum atomic E-state index is -0.0149. The molecule has 2 aromatic heterocycles. The van der Waals surface area contributed by atoms with Gasteiger partial charge in [-0.15, -0.1) is 5.10 Å². The molecule has 0 aromatic carbocycles. The normalized spacial score (nSPS) is 10.4. The maximum Gasteiger partial charge on any atom is 0.243 e. The summed E-state index contributed by atoms with van der Waals surface area (Å²) >= 11 is 0. The van der Waals surface area contributed by atoms with Gasteiger partial charge in [0.1, 0.15) is 0 Å². The van der Waals surface area contributed by atoms with Crippen LogP contribution in [0.4, 0.5) is 5.95 Å². The second kappa shape index (κ2) is 4.18. The summed E-state index contributed by atoms with van der Waals surface area (Å²) in [5.74, 6) is 0.445. The number of rotatable bonds is 3. The molecule has 1 amide bonds. The van der Waals surface area contributed by atoms with Crippen LogP contribution in [0.1, 0.15) is 0 Å². The van der Waals surface area contributed by atoms with E-state index in [9.17, 15) is 4.79 Å². The highest BCUT2D eigenvalue weighted by Crippen LogP contribution is 2.03. The lowest BCUT2D eigenvalue weighted by Crippen LogP contribution is -2.28. The molecule has 0 aliphatic rings. The first kappa shape index (κ1) is 10.4. The lowest BCUT2D eigenvalue weighted by molar-refractivity contribution is -0.126. The first-order chi connectivity index (χ1) is 7.66. The van der Waals surface area contributed by atoms with Crippen LogP contribution in [0, 0.1) is 0 Å². The third-order valence-electron chi connectivity index (χ3n) is 2.14. The molecule has 2 rings (SSSR count). The fourth-order valence-corrected chi connectivity index (χ4v) is 1.22. The molecule has 0 aliphatic heterocycles. The number of hydrogen-bond acceptors (Lipinski definition) is 4. The Morgan fingerprint density at radius 3 is 3.00 bits per heavy atom. The Balaban J connectivity index is 2.07. The molecule has 6 nitrogen and oxygen atoms in total. The lowest BCUT2D eigenvalue weighted by atomic mass is 10.5. The number of carbonyl (C=O) groups is 1. The standard InChI is InChI=1S/C10H13N5O/c1-14(2)9(16)7-11-10-12-8-5-3-4-6-15(8)13-10/h3-6H,7H2,1-2H3,(H,11,13). The van der Waals surface area contributed by atoms with E-state index in [2.05, 4.69) is 15.4 Å². The van der Waals surface area contributed by atoms with Crippen LogP contribution in [0.15, 0.2) is 24.4 Å². The fourth-order valence-electron chi connectivity index (χ4n) is 1.22. The molecule has 0 spiro atoms. The Hall–Kier alpha value is -2.11. The van der Waals surface area contributed by atoms with Gasteiger partial charge in [-0.1, -0.05) is 6.07 Å². The third-order valence-corrected chi connectivity index (χ3v) is 2.14. The summed E-state index contributed by atoms with van der Waals surface area (Å²) in [5, 5.41) is 7.05. The number of nitrogens with one attached hydrogen (secondary N) is 1. The highest BCUT2D eigenvalue weighted by Gasteiger charge is 2.06. The SMILES string of the molecule is CN(C)C(=O)CNc1nc2ccccn2n1. The summed E-state index contributed by atoms with van der Waals surface area (Å²) in [6.45, 7) is 0.198. The van der Waals surface area contributed by atoms with Crippen LogP contribution in [0.3, 0.4) is 0 Å². The Bertz CT molecular complexity index is 472. The van der Waals surface area contributed by atoms with Gasteiger partial charge in [0.25, 0.3) is 0 Å². The molecule has 16 heavy (non-hydrogen) atoms. The van der Waals surface area contributed by atoms with Crippen molar-refractivity contribution in [3.8, 4) is 0 Å². The van der Waals surface area contributed by atoms with Crippen molar-refractivity contribution < 1.29 is 4.79 Å². The Morgan fingerprint density at radius 2 is 2.31 bits per heavy atom. The molecule has 0 bridgehead atoms. The summed E-state index contributed by atoms with van der Waals surface area (Å²) in [6.07, 6.45) is 1.81. The quantitative estimate of drug-likeness (QED) is 0.802. The number of fused-ring (bicyclic) bond motifs is 1. The number of pyridine rings is 1. The van der Waals surface area contributed by atoms with Crippen molar-refractivity contribution in [3.63, 3.8) is 0 Å². The van der Waals surface area contributed by atoms with E-state index in [0.717, 1.165) is 5.65 Å². The zero-order valence-corrected chi connectivity index (χ0v) is 9.21. The second-order valence-corrected chi connectivity index (χ2v) is 3.58. The smallest absolute Gasteiger partial charge is 0.243 e. The minimum Gasteiger partial charge on any atom is -0.347 e. The Kier molecular flexibility index (Phi) is 2.72. The molecular formula is C10H13N5O. The van der Waals surface area contributed by atoms with E-state index in [1.54, 1.807) is 24.8 Å². The number of carbonyl (C=O) groups excluding carboxylic acids is 1. The molecule has 0 saturated carbocycles. The highest BCUT2D eigenvalue weighted by molar-refractivity contribution is 5.79. The molecule has 1 N–H and O–H groups in total. The Morgan fingerprint density at radius 1 is 1.50 bits per heavy atom. The first-order valence-electron chi connectivity index (χ1n) is 4.92. The number of nitrogens with zero attached hydrogens (tertiary/aromatic N) is 4. The second-order valence-electron chi connectivity index (χ2n) is 3.58. The molecule has 0 radical (unpaired) electrons. The topological polar surface area (TPSA) is 62.5 Å². The van der Waals surface area contributed by atoms with Crippen molar-refractivity contribution in [2.24, 2.45) is 0 Å². The van der Waals surface area contributed by atoms with Crippen molar-refractivity contribution in [1.82, 2.24) is 19.5 Å². The summed E-state index contributed by atoms with van der Waals surface area (Å²) in [4.78, 5) is 17.1. The number of anilines is 1. The first-order valence-corrected chi connectivity index (χ1v) is 4.92. The van der Waals surface area contributed by atoms with Crippen LogP contribution < -0.4 is 5.32 Å². The molecule has 2 aromatic rings. The average Bonchev–Trinajstić information content (AvgIpc) is 2.68. The maximum atomic E-state index is 11.3. The van der Waals surface area contributed by atoms with Crippen LogP contribution in [0.2, 0.25) is 0 Å². The van der Waals surface area contributed by atoms with Gasteiger partial charge in [0.15, 0.2) is 5.65 Å². The zero-order valence-electron chi connectivity index (χ0n) is 9.21. The Labute approximate surface area is 92.9 Å². The minimum absolute atomic E-state index is 0.0149. The van der Waals surface area contributed by atoms with Gasteiger partial charge in [0, 0.05) is 20.3 Å². The van der Waals surface area contributed by atoms with Crippen molar-refractivity contribution in [2.75, 3.05) is 26.0 Å². The van der Waals surface area contributed by atoms with E-state index in [1.165, 1.54) is 4.90 Å². The number of likely N-dealkylation sites (N-methyl/N-ethyl adjacent to an activating group) is 1. The van der Waals surface area contributed by atoms with Crippen LogP contribution in [-0.2, 0) is 4.79 Å². The molecule has 84 valence electrons. The van der Waals surface area contributed by atoms with E-state index >= 15 is 0 Å². The summed E-state index contributed by atoms with van der Waals surface area (Å²) in [6, 6.07) is 5.61. The van der Waals surface area contributed by atoms with Gasteiger partial charge < -0.3 is 10.2 Å². The number of aromatic nitrogens is 3. The van der Waals surface area contributed by atoms with E-state index in [4.69, 9.17) is 0 Å². The summed E-state index contributed by atoms with van der Waals surface area (Å²) in [7, 11) is 3.42. The number of hydrogen-bond donors (Lipinski definition) is 1. The van der Waals surface area contributed by atoms with Gasteiger partial charge >= 0.3 is 0 Å². The average molecular weight is 219 g/mol. The maximum absolute atomic E-state index is 11.3. The molecule has 0 saturated heterocycles. The molecule has 6 heteroatoms. The van der Waals surface area contributed by atoms with E-state index in [0.29, 0.717) is 5.95 Å². The predicted molar refractivity (Wildman–Crippen MR) is 60.2 cm³/mol. The van der Waals surface area contributed by atoms with Crippen molar-refractivity contribution in [2.45, 2.75) is 0 Å². The molecule has 0 unspecified atom stereocenters. The molecule has 0 aliphatic carbocycles. The van der Waals surface area contributed by atoms with Gasteiger partial charge in [-0.25, -0.2) is 4.52 Å². The van der Waals surface area contributed by atoms with Crippen molar-refractivity contribution >= 4 is 17.5 Å². The molecule has 0 fully saturated rings. The number of amides is 1. The van der Waals surface area contributed by atoms with Gasteiger partial charge in [-0.05, 0) is 12.1 Å². The van der Waals surface area contributed by atoms with Crippen LogP contribution in [-0.4, -0.2) is 46.0 Å². The van der Waals surface area contributed by atoms with E-state index in [1.807, 2.05) is 18.2 Å². The fraction of sp³-hybridized carbons (Fsp3) is 0.300. The largest absolute Gasteiger partial charge is 0.347 e. The van der Waals surface area contributed by atoms with Crippen LogP contribution >= 0.6 is 0 Å². The van der Waals surface area contributed by atoms with Crippen LogP contribution in [0.25, 0.3) is 5.65 Å². The van der Waals surface area contributed by atoms with Gasteiger partial charge in [-0.2, -0.15) is 4.98 Å². The predicted octanol–water partition coefficient (Wildman–Crippen LogP) is 0.229. The van der Waals surface area contributed by atoms with Gasteiger partial charge in [0.05, 0.1) is 6.54 Å². The zero-order chi connectivity index (χ0) is 11.5. The van der Waals surface area contributed by atoms with E-state index in [-0.39, 0.29) is 12.5 Å². The van der Waals surface area contributed by atoms with Gasteiger partial charge in [0.2, 0.25) is 11.9 Å². The van der Waals surface area contributed by atoms with E-state index < -0.39 is 0 Å². The van der Waals surface area contributed by atoms with Gasteiger partial charge in [-0.3, -0.25) is 4.79 Å². The molecule has 0 atom stereocenters. The highest BCUT2D eigenvalue weighted by atomic mass is 16.2. The molecular weight excluding hydrogens is 206 g/mol. The summed E-state index contributed by atoms with van der Waals surface area (Å²) in [5.41, 5.74) is 0.752. The monoisotopic (exact) mass is 219 g/mol. The van der Waals surface area contributed by atoms with Crippen molar-refractivity contribution in [1.29, 1.82) is 0 Å². The lowest BCUT2D eigenvalue weighted by Gasteiger charge is -2.09. The van der Waals surface area contributed by atoms with Crippen LogP contribution in [0.5, 0.6) is 0 Å². The summed E-state index contributed by atoms with van der Waals surface area (Å²) < 4.78 is 1.66.